The molecule has 106 valence electrons. The van der Waals surface area contributed by atoms with Gasteiger partial charge in [-0.3, -0.25) is 9.78 Å². The first kappa shape index (κ1) is 14.0. The number of hydrogen-bond donors (Lipinski definition) is 4. The van der Waals surface area contributed by atoms with Crippen LogP contribution in [0.5, 0.6) is 0 Å². The molecule has 0 aliphatic rings. The van der Waals surface area contributed by atoms with E-state index in [9.17, 15) is 24.6 Å². The predicted molar refractivity (Wildman–Crippen MR) is 67.9 cm³/mol. The van der Waals surface area contributed by atoms with Gasteiger partial charge in [0.25, 0.3) is 0 Å². The Morgan fingerprint density at radius 3 is 2.70 bits per heavy atom. The number of nitrogens with two attached hydrogens (primary N) is 1. The average molecular weight is 280 g/mol. The minimum Gasteiger partial charge on any atom is -0.390 e. The van der Waals surface area contributed by atoms with E-state index in [1.54, 1.807) is 0 Å². The number of aromatic amines is 1. The lowest BCUT2D eigenvalue weighted by Crippen LogP contribution is -2.25. The molecule has 0 fully saturated rings. The number of fused-ring (bicyclic) bond motifs is 1. The minimum atomic E-state index is -1.39. The molecule has 0 bridgehead atoms. The molecule has 0 radical (unpaired) electrons. The predicted octanol–water partition coefficient (Wildman–Crippen LogP) is -1.25. The first-order chi connectivity index (χ1) is 9.38. The van der Waals surface area contributed by atoms with Gasteiger partial charge in [0.15, 0.2) is 0 Å². The second-order valence-electron chi connectivity index (χ2n) is 4.29. The van der Waals surface area contributed by atoms with Crippen molar-refractivity contribution in [2.45, 2.75) is 18.6 Å². The van der Waals surface area contributed by atoms with E-state index in [0.29, 0.717) is 0 Å². The van der Waals surface area contributed by atoms with Crippen molar-refractivity contribution in [2.75, 3.05) is 0 Å². The van der Waals surface area contributed by atoms with E-state index >= 15 is 0 Å². The third kappa shape index (κ3) is 2.76. The molecule has 8 nitrogen and oxygen atoms in total. The van der Waals surface area contributed by atoms with Gasteiger partial charge in [0, 0.05) is 0 Å². The maximum atomic E-state index is 11.5. The molecule has 5 N–H and O–H groups in total. The standard InChI is InChI=1S/C12H12N2O6/c13-9(16)4-8(15)10(17)5-1-2-7-6(3-5)11(18)20-12(19)14-7/h1-3,8,10,15,17H,4H2,(H2,13,16)(H,14,19). The Balaban J connectivity index is 2.44. The van der Waals surface area contributed by atoms with Gasteiger partial charge in [0.1, 0.15) is 6.10 Å². The zero-order valence-electron chi connectivity index (χ0n) is 10.2. The molecule has 8 heteroatoms. The highest BCUT2D eigenvalue weighted by atomic mass is 16.4. The molecule has 0 aliphatic heterocycles. The zero-order chi connectivity index (χ0) is 14.9. The van der Waals surface area contributed by atoms with Crippen molar-refractivity contribution < 1.29 is 19.4 Å². The fourth-order valence-electron chi connectivity index (χ4n) is 1.84. The Hall–Kier alpha value is -2.45. The molecule has 0 spiro atoms. The summed E-state index contributed by atoms with van der Waals surface area (Å²) in [4.78, 5) is 35.5. The summed E-state index contributed by atoms with van der Waals surface area (Å²) in [6.45, 7) is 0. The largest absolute Gasteiger partial charge is 0.419 e. The molecule has 0 saturated carbocycles. The molecular formula is C12H12N2O6. The highest BCUT2D eigenvalue weighted by Crippen LogP contribution is 2.21. The first-order valence-electron chi connectivity index (χ1n) is 5.70. The zero-order valence-corrected chi connectivity index (χ0v) is 10.2. The molecule has 20 heavy (non-hydrogen) atoms. The topological polar surface area (TPSA) is 147 Å². The highest BCUT2D eigenvalue weighted by Gasteiger charge is 2.21. The number of primary amides is 1. The summed E-state index contributed by atoms with van der Waals surface area (Å²) < 4.78 is 4.37. The van der Waals surface area contributed by atoms with Gasteiger partial charge in [-0.25, -0.2) is 9.59 Å². The summed E-state index contributed by atoms with van der Waals surface area (Å²) in [5, 5.41) is 19.5. The Morgan fingerprint density at radius 1 is 1.35 bits per heavy atom. The van der Waals surface area contributed by atoms with Crippen LogP contribution in [0, 0.1) is 0 Å². The number of rotatable bonds is 4. The number of nitrogens with one attached hydrogen (secondary N) is 1. The fourth-order valence-corrected chi connectivity index (χ4v) is 1.84. The van der Waals surface area contributed by atoms with E-state index in [4.69, 9.17) is 5.73 Å². The molecule has 1 heterocycles. The van der Waals surface area contributed by atoms with E-state index < -0.39 is 35.9 Å². The summed E-state index contributed by atoms with van der Waals surface area (Å²) in [6, 6.07) is 4.07. The summed E-state index contributed by atoms with van der Waals surface area (Å²) in [5.74, 6) is -1.65. The highest BCUT2D eigenvalue weighted by molar-refractivity contribution is 5.77. The summed E-state index contributed by atoms with van der Waals surface area (Å²) >= 11 is 0. The van der Waals surface area contributed by atoms with Crippen LogP contribution in [0.4, 0.5) is 0 Å². The number of H-pyrrole nitrogens is 1. The number of aromatic nitrogens is 1. The molecule has 2 unspecified atom stereocenters. The fraction of sp³-hybridized carbons (Fsp3) is 0.250. The van der Waals surface area contributed by atoms with Crippen molar-refractivity contribution in [3.8, 4) is 0 Å². The Bertz CT molecular complexity index is 762. The lowest BCUT2D eigenvalue weighted by atomic mass is 10.0. The number of carbonyl (C=O) groups is 1. The quantitative estimate of drug-likeness (QED) is 0.550. The number of benzene rings is 1. The van der Waals surface area contributed by atoms with Crippen LogP contribution in [0.1, 0.15) is 18.1 Å². The van der Waals surface area contributed by atoms with Crippen molar-refractivity contribution in [3.05, 3.63) is 44.7 Å². The molecule has 1 amide bonds. The van der Waals surface area contributed by atoms with Crippen LogP contribution in [0.25, 0.3) is 10.9 Å². The molecule has 1 aromatic carbocycles. The van der Waals surface area contributed by atoms with Crippen LogP contribution < -0.4 is 17.1 Å². The monoisotopic (exact) mass is 280 g/mol. The Morgan fingerprint density at radius 2 is 2.05 bits per heavy atom. The summed E-state index contributed by atoms with van der Waals surface area (Å²) in [6.07, 6.45) is -3.20. The van der Waals surface area contributed by atoms with Gasteiger partial charge in [-0.15, -0.1) is 0 Å². The van der Waals surface area contributed by atoms with Crippen LogP contribution in [-0.4, -0.2) is 27.2 Å². The SMILES string of the molecule is NC(=O)CC(O)C(O)c1ccc2[nH]c(=O)oc(=O)c2c1. The van der Waals surface area contributed by atoms with Crippen molar-refractivity contribution >= 4 is 16.8 Å². The second-order valence-corrected chi connectivity index (χ2v) is 4.29. The molecule has 1 aromatic heterocycles. The number of carbonyl (C=O) groups excluding carboxylic acids is 1. The van der Waals surface area contributed by atoms with Crippen LogP contribution in [0.15, 0.2) is 32.2 Å². The third-order valence-corrected chi connectivity index (χ3v) is 2.80. The van der Waals surface area contributed by atoms with E-state index in [1.165, 1.54) is 18.2 Å². The number of hydrogen-bond acceptors (Lipinski definition) is 6. The van der Waals surface area contributed by atoms with E-state index in [2.05, 4.69) is 9.40 Å². The van der Waals surface area contributed by atoms with Crippen LogP contribution >= 0.6 is 0 Å². The molecule has 0 saturated heterocycles. The van der Waals surface area contributed by atoms with Crippen molar-refractivity contribution in [1.29, 1.82) is 0 Å². The van der Waals surface area contributed by atoms with Gasteiger partial charge in [0.05, 0.1) is 23.4 Å². The van der Waals surface area contributed by atoms with E-state index in [-0.39, 0.29) is 16.5 Å². The van der Waals surface area contributed by atoms with Crippen LogP contribution in [-0.2, 0) is 4.79 Å². The van der Waals surface area contributed by atoms with Gasteiger partial charge >= 0.3 is 11.4 Å². The smallest absolute Gasteiger partial charge is 0.390 e. The lowest BCUT2D eigenvalue weighted by Gasteiger charge is -2.16. The first-order valence-corrected chi connectivity index (χ1v) is 5.70. The van der Waals surface area contributed by atoms with Gasteiger partial charge in [-0.1, -0.05) is 6.07 Å². The number of amides is 1. The van der Waals surface area contributed by atoms with E-state index in [1.807, 2.05) is 0 Å². The molecule has 2 rings (SSSR count). The minimum absolute atomic E-state index is 0.0485. The summed E-state index contributed by atoms with van der Waals surface area (Å²) in [7, 11) is 0. The van der Waals surface area contributed by atoms with Crippen LogP contribution in [0.3, 0.4) is 0 Å². The van der Waals surface area contributed by atoms with Crippen LogP contribution in [0.2, 0.25) is 0 Å². The van der Waals surface area contributed by atoms with Gasteiger partial charge in [-0.2, -0.15) is 0 Å². The van der Waals surface area contributed by atoms with Gasteiger partial charge < -0.3 is 20.4 Å². The molecule has 2 atom stereocenters. The molecule has 0 aliphatic carbocycles. The molecule has 2 aromatic rings. The summed E-state index contributed by atoms with van der Waals surface area (Å²) in [5.41, 5.74) is 4.51. The Labute approximate surface area is 111 Å². The molecular weight excluding hydrogens is 268 g/mol. The van der Waals surface area contributed by atoms with Crippen molar-refractivity contribution in [1.82, 2.24) is 4.98 Å². The van der Waals surface area contributed by atoms with E-state index in [0.717, 1.165) is 0 Å². The lowest BCUT2D eigenvalue weighted by molar-refractivity contribution is -0.121. The van der Waals surface area contributed by atoms with Crippen molar-refractivity contribution in [2.24, 2.45) is 5.73 Å². The van der Waals surface area contributed by atoms with Gasteiger partial charge in [-0.05, 0) is 17.7 Å². The van der Waals surface area contributed by atoms with Crippen molar-refractivity contribution in [3.63, 3.8) is 0 Å². The number of aliphatic hydroxyl groups is 2. The number of aliphatic hydroxyl groups excluding tert-OH is 2. The Kier molecular flexibility index (Phi) is 3.68. The maximum Gasteiger partial charge on any atom is 0.419 e. The third-order valence-electron chi connectivity index (χ3n) is 2.80. The second kappa shape index (κ2) is 5.27. The normalized spacial score (nSPS) is 14.1. The average Bonchev–Trinajstić information content (AvgIpc) is 2.36. The maximum absolute atomic E-state index is 11.5. The van der Waals surface area contributed by atoms with Gasteiger partial charge in [0.2, 0.25) is 5.91 Å².